The second-order valence-electron chi connectivity index (χ2n) is 4.26. The summed E-state index contributed by atoms with van der Waals surface area (Å²) < 4.78 is 5.65. The summed E-state index contributed by atoms with van der Waals surface area (Å²) in [6.45, 7) is 1.68. The summed E-state index contributed by atoms with van der Waals surface area (Å²) in [5.41, 5.74) is 1.85. The van der Waals surface area contributed by atoms with Crippen molar-refractivity contribution < 1.29 is 9.52 Å². The van der Waals surface area contributed by atoms with Crippen molar-refractivity contribution in [3.8, 4) is 11.3 Å². The van der Waals surface area contributed by atoms with Crippen LogP contribution in [0.4, 0.5) is 0 Å². The van der Waals surface area contributed by atoms with Gasteiger partial charge in [-0.2, -0.15) is 0 Å². The Morgan fingerprint density at radius 3 is 2.72 bits per heavy atom. The third-order valence-corrected chi connectivity index (χ3v) is 2.94. The lowest BCUT2D eigenvalue weighted by Crippen LogP contribution is -1.86. The van der Waals surface area contributed by atoms with E-state index in [-0.39, 0.29) is 0 Å². The molecule has 0 saturated carbocycles. The smallest absolute Gasteiger partial charge is 0.136 e. The summed E-state index contributed by atoms with van der Waals surface area (Å²) in [5.74, 6) is 1.30. The molecule has 90 valence electrons. The van der Waals surface area contributed by atoms with Crippen molar-refractivity contribution in [2.45, 2.75) is 13.0 Å². The number of hydrogen-bond acceptors (Lipinski definition) is 3. The van der Waals surface area contributed by atoms with E-state index in [1.54, 1.807) is 19.2 Å². The van der Waals surface area contributed by atoms with E-state index in [2.05, 4.69) is 4.98 Å². The molecule has 0 aliphatic heterocycles. The lowest BCUT2D eigenvalue weighted by Gasteiger charge is -2.03. The Balaban J connectivity index is 2.18. The zero-order valence-electron chi connectivity index (χ0n) is 10.00. The first-order valence-corrected chi connectivity index (χ1v) is 5.87. The molecule has 3 heteroatoms. The van der Waals surface area contributed by atoms with Crippen molar-refractivity contribution in [3.63, 3.8) is 0 Å². The van der Waals surface area contributed by atoms with Gasteiger partial charge in [0.25, 0.3) is 0 Å². The Morgan fingerprint density at radius 2 is 1.94 bits per heavy atom. The van der Waals surface area contributed by atoms with Crippen LogP contribution in [0.5, 0.6) is 0 Å². The molecule has 1 N–H and O–H groups in total. The van der Waals surface area contributed by atoms with Crippen LogP contribution in [0.25, 0.3) is 22.2 Å². The maximum Gasteiger partial charge on any atom is 0.136 e. The van der Waals surface area contributed by atoms with E-state index in [4.69, 9.17) is 4.42 Å². The van der Waals surface area contributed by atoms with Gasteiger partial charge in [0.05, 0.1) is 5.52 Å². The molecule has 3 aromatic rings. The first kappa shape index (κ1) is 11.0. The lowest BCUT2D eigenvalue weighted by molar-refractivity contribution is 0.170. The number of aliphatic hydroxyl groups excluding tert-OH is 1. The highest BCUT2D eigenvalue weighted by Crippen LogP contribution is 2.29. The maximum absolute atomic E-state index is 9.49. The summed E-state index contributed by atoms with van der Waals surface area (Å²) in [6, 6.07) is 13.6. The molecule has 3 rings (SSSR count). The molecule has 0 saturated heterocycles. The minimum absolute atomic E-state index is 0.568. The highest BCUT2D eigenvalue weighted by molar-refractivity contribution is 5.92. The number of hydrogen-bond donors (Lipinski definition) is 1. The summed E-state index contributed by atoms with van der Waals surface area (Å²) in [6.07, 6.45) is 1.17. The molecule has 0 aliphatic rings. The number of rotatable bonds is 2. The quantitative estimate of drug-likeness (QED) is 0.743. The number of para-hydroxylation sites is 1. The van der Waals surface area contributed by atoms with Crippen molar-refractivity contribution in [1.29, 1.82) is 0 Å². The van der Waals surface area contributed by atoms with Gasteiger partial charge in [-0.05, 0) is 31.2 Å². The summed E-state index contributed by atoms with van der Waals surface area (Å²) in [7, 11) is 0. The molecule has 0 amide bonds. The van der Waals surface area contributed by atoms with Gasteiger partial charge >= 0.3 is 0 Å². The van der Waals surface area contributed by atoms with Gasteiger partial charge in [-0.25, -0.2) is 0 Å². The summed E-state index contributed by atoms with van der Waals surface area (Å²) in [4.78, 5) is 4.39. The molecule has 2 aromatic heterocycles. The number of aromatic nitrogens is 1. The second kappa shape index (κ2) is 4.27. The van der Waals surface area contributed by atoms with E-state index in [0.717, 1.165) is 22.2 Å². The maximum atomic E-state index is 9.49. The molecule has 0 radical (unpaired) electrons. The number of benzene rings is 1. The minimum Gasteiger partial charge on any atom is -0.458 e. The minimum atomic E-state index is -0.596. The molecule has 1 unspecified atom stereocenters. The van der Waals surface area contributed by atoms with Gasteiger partial charge in [-0.1, -0.05) is 18.2 Å². The molecule has 0 fully saturated rings. The number of aliphatic hydroxyl groups is 1. The largest absolute Gasteiger partial charge is 0.458 e. The van der Waals surface area contributed by atoms with Crippen molar-refractivity contribution in [1.82, 2.24) is 4.98 Å². The van der Waals surface area contributed by atoms with Crippen molar-refractivity contribution in [3.05, 3.63) is 54.4 Å². The fourth-order valence-corrected chi connectivity index (χ4v) is 2.03. The molecule has 2 heterocycles. The van der Waals surface area contributed by atoms with Crippen LogP contribution >= 0.6 is 0 Å². The number of fused-ring (bicyclic) bond motifs is 1. The van der Waals surface area contributed by atoms with Gasteiger partial charge < -0.3 is 9.52 Å². The van der Waals surface area contributed by atoms with Crippen LogP contribution in [0.3, 0.4) is 0 Å². The third kappa shape index (κ3) is 1.79. The monoisotopic (exact) mass is 239 g/mol. The van der Waals surface area contributed by atoms with Crippen LogP contribution in [0.15, 0.2) is 53.1 Å². The van der Waals surface area contributed by atoms with E-state index in [0.29, 0.717) is 5.76 Å². The Hall–Kier alpha value is -2.13. The Morgan fingerprint density at radius 1 is 1.11 bits per heavy atom. The van der Waals surface area contributed by atoms with Gasteiger partial charge in [0.2, 0.25) is 0 Å². The fourth-order valence-electron chi connectivity index (χ4n) is 2.03. The van der Waals surface area contributed by atoms with Crippen molar-refractivity contribution in [2.24, 2.45) is 0 Å². The number of nitrogens with zero attached hydrogens (tertiary/aromatic N) is 1. The van der Waals surface area contributed by atoms with E-state index < -0.39 is 6.10 Å². The predicted octanol–water partition coefficient (Wildman–Crippen LogP) is 3.55. The predicted molar refractivity (Wildman–Crippen MR) is 70.1 cm³/mol. The first-order valence-electron chi connectivity index (χ1n) is 5.87. The highest BCUT2D eigenvalue weighted by Gasteiger charge is 2.11. The summed E-state index contributed by atoms with van der Waals surface area (Å²) >= 11 is 0. The van der Waals surface area contributed by atoms with Gasteiger partial charge in [-0.3, -0.25) is 4.98 Å². The van der Waals surface area contributed by atoms with Crippen LogP contribution in [0.2, 0.25) is 0 Å². The summed E-state index contributed by atoms with van der Waals surface area (Å²) in [5, 5.41) is 10.6. The standard InChI is InChI=1S/C15H13NO2/c1-10(17)13-7-8-14(18-13)12-6-2-4-11-5-3-9-16-15(11)12/h2-10,17H,1H3. The Bertz CT molecular complexity index is 680. The topological polar surface area (TPSA) is 46.3 Å². The first-order chi connectivity index (χ1) is 8.75. The molecular weight excluding hydrogens is 226 g/mol. The third-order valence-electron chi connectivity index (χ3n) is 2.94. The SMILES string of the molecule is CC(O)c1ccc(-c2cccc3cccnc23)o1. The molecule has 1 aromatic carbocycles. The molecule has 1 atom stereocenters. The average molecular weight is 239 g/mol. The van der Waals surface area contributed by atoms with Crippen LogP contribution in [0.1, 0.15) is 18.8 Å². The molecule has 3 nitrogen and oxygen atoms in total. The molecule has 18 heavy (non-hydrogen) atoms. The van der Waals surface area contributed by atoms with E-state index in [1.807, 2.05) is 36.4 Å². The highest BCUT2D eigenvalue weighted by atomic mass is 16.4. The van der Waals surface area contributed by atoms with Crippen LogP contribution in [-0.2, 0) is 0 Å². The van der Waals surface area contributed by atoms with Crippen LogP contribution in [0, 0.1) is 0 Å². The molecule has 0 spiro atoms. The average Bonchev–Trinajstić information content (AvgIpc) is 2.87. The van der Waals surface area contributed by atoms with Crippen molar-refractivity contribution >= 4 is 10.9 Å². The van der Waals surface area contributed by atoms with Crippen molar-refractivity contribution in [2.75, 3.05) is 0 Å². The van der Waals surface area contributed by atoms with Gasteiger partial charge in [0, 0.05) is 17.1 Å². The Kier molecular flexibility index (Phi) is 2.61. The zero-order valence-corrected chi connectivity index (χ0v) is 10.00. The fraction of sp³-hybridized carbons (Fsp3) is 0.133. The van der Waals surface area contributed by atoms with E-state index >= 15 is 0 Å². The van der Waals surface area contributed by atoms with Gasteiger partial charge in [-0.15, -0.1) is 0 Å². The second-order valence-corrected chi connectivity index (χ2v) is 4.26. The zero-order chi connectivity index (χ0) is 12.5. The molecule has 0 aliphatic carbocycles. The number of furan rings is 1. The lowest BCUT2D eigenvalue weighted by atomic mass is 10.1. The normalized spacial score (nSPS) is 12.8. The van der Waals surface area contributed by atoms with Crippen LogP contribution < -0.4 is 0 Å². The number of pyridine rings is 1. The van der Waals surface area contributed by atoms with E-state index in [1.165, 1.54) is 0 Å². The molecular formula is C15H13NO2. The molecule has 0 bridgehead atoms. The Labute approximate surface area is 105 Å². The van der Waals surface area contributed by atoms with Gasteiger partial charge in [0.15, 0.2) is 0 Å². The van der Waals surface area contributed by atoms with Gasteiger partial charge in [0.1, 0.15) is 17.6 Å². The van der Waals surface area contributed by atoms with E-state index in [9.17, 15) is 5.11 Å². The van der Waals surface area contributed by atoms with Crippen LogP contribution in [-0.4, -0.2) is 10.1 Å².